The van der Waals surface area contributed by atoms with Crippen LogP contribution < -0.4 is 10.6 Å². The molecule has 0 heterocycles. The monoisotopic (exact) mass is 244 g/mol. The van der Waals surface area contributed by atoms with Gasteiger partial charge in [-0.1, -0.05) is 0 Å². The van der Waals surface area contributed by atoms with Crippen LogP contribution in [-0.2, 0) is 14.4 Å². The number of rotatable bonds is 5. The fourth-order valence-electron chi connectivity index (χ4n) is 0.949. The van der Waals surface area contributed by atoms with Crippen LogP contribution in [0.2, 0.25) is 0 Å². The lowest BCUT2D eigenvalue weighted by Crippen LogP contribution is -2.51. The van der Waals surface area contributed by atoms with E-state index in [2.05, 4.69) is 10.6 Å². The van der Waals surface area contributed by atoms with Gasteiger partial charge in [0, 0.05) is 6.04 Å². The smallest absolute Gasteiger partial charge is 0.318 e. The first kappa shape index (κ1) is 15.4. The molecule has 6 heteroatoms. The van der Waals surface area contributed by atoms with E-state index in [1.165, 1.54) is 20.8 Å². The summed E-state index contributed by atoms with van der Waals surface area (Å²) < 4.78 is 0. The third kappa shape index (κ3) is 4.42. The Morgan fingerprint density at radius 1 is 1.06 bits per heavy atom. The van der Waals surface area contributed by atoms with Crippen LogP contribution in [0, 0.1) is 5.41 Å². The van der Waals surface area contributed by atoms with Crippen LogP contribution in [0.5, 0.6) is 0 Å². The van der Waals surface area contributed by atoms with Gasteiger partial charge in [0.25, 0.3) is 0 Å². The molecule has 0 aromatic carbocycles. The molecule has 98 valence electrons. The largest absolute Gasteiger partial charge is 0.480 e. The summed E-state index contributed by atoms with van der Waals surface area (Å²) in [7, 11) is 0. The van der Waals surface area contributed by atoms with Crippen LogP contribution in [0.1, 0.15) is 34.6 Å². The Balaban J connectivity index is 4.50. The SMILES string of the molecule is CC(C)NC(=O)C(C)NC(=O)C(C)(C)C(=O)O. The average Bonchev–Trinajstić information content (AvgIpc) is 2.15. The summed E-state index contributed by atoms with van der Waals surface area (Å²) in [6.45, 7) is 7.68. The fraction of sp³-hybridized carbons (Fsp3) is 0.727. The van der Waals surface area contributed by atoms with Gasteiger partial charge in [-0.15, -0.1) is 0 Å². The molecular weight excluding hydrogens is 224 g/mol. The fourth-order valence-corrected chi connectivity index (χ4v) is 0.949. The number of aliphatic carboxylic acids is 1. The van der Waals surface area contributed by atoms with E-state index in [0.717, 1.165) is 0 Å². The zero-order valence-corrected chi connectivity index (χ0v) is 10.8. The Morgan fingerprint density at radius 3 is 1.88 bits per heavy atom. The molecule has 1 atom stereocenters. The molecule has 0 fully saturated rings. The van der Waals surface area contributed by atoms with Crippen molar-refractivity contribution in [3.8, 4) is 0 Å². The Hall–Kier alpha value is -1.59. The molecule has 0 bridgehead atoms. The van der Waals surface area contributed by atoms with Gasteiger partial charge in [-0.05, 0) is 34.6 Å². The summed E-state index contributed by atoms with van der Waals surface area (Å²) >= 11 is 0. The van der Waals surface area contributed by atoms with Crippen LogP contribution in [0.3, 0.4) is 0 Å². The van der Waals surface area contributed by atoms with Crippen molar-refractivity contribution in [2.45, 2.75) is 46.7 Å². The van der Waals surface area contributed by atoms with Crippen molar-refractivity contribution in [3.63, 3.8) is 0 Å². The topological polar surface area (TPSA) is 95.5 Å². The number of carbonyl (C=O) groups is 3. The molecule has 0 aromatic rings. The Labute approximate surface area is 101 Å². The highest BCUT2D eigenvalue weighted by molar-refractivity contribution is 6.02. The number of carbonyl (C=O) groups excluding carboxylic acids is 2. The normalized spacial score (nSPS) is 13.1. The van der Waals surface area contributed by atoms with Crippen molar-refractivity contribution in [1.29, 1.82) is 0 Å². The van der Waals surface area contributed by atoms with E-state index >= 15 is 0 Å². The summed E-state index contributed by atoms with van der Waals surface area (Å²) in [5.74, 6) is -2.25. The van der Waals surface area contributed by atoms with E-state index in [1.807, 2.05) is 0 Å². The third-order valence-electron chi connectivity index (χ3n) is 2.27. The quantitative estimate of drug-likeness (QED) is 0.599. The highest BCUT2D eigenvalue weighted by Crippen LogP contribution is 2.15. The first-order valence-corrected chi connectivity index (χ1v) is 5.43. The second-order valence-electron chi connectivity index (χ2n) is 4.79. The minimum absolute atomic E-state index is 0.0330. The van der Waals surface area contributed by atoms with Crippen molar-refractivity contribution in [2.75, 3.05) is 0 Å². The molecule has 0 aliphatic heterocycles. The molecule has 0 saturated carbocycles. The molecule has 17 heavy (non-hydrogen) atoms. The van der Waals surface area contributed by atoms with Gasteiger partial charge in [-0.2, -0.15) is 0 Å². The maximum Gasteiger partial charge on any atom is 0.318 e. The summed E-state index contributed by atoms with van der Waals surface area (Å²) in [4.78, 5) is 34.0. The number of nitrogens with one attached hydrogen (secondary N) is 2. The molecule has 0 radical (unpaired) electrons. The number of hydrogen-bond donors (Lipinski definition) is 3. The van der Waals surface area contributed by atoms with Crippen LogP contribution in [-0.4, -0.2) is 35.0 Å². The molecule has 3 N–H and O–H groups in total. The molecule has 0 spiro atoms. The third-order valence-corrected chi connectivity index (χ3v) is 2.27. The van der Waals surface area contributed by atoms with Crippen LogP contribution in [0.15, 0.2) is 0 Å². The number of carboxylic acids is 1. The molecule has 2 amide bonds. The van der Waals surface area contributed by atoms with Crippen LogP contribution >= 0.6 is 0 Å². The predicted octanol–water partition coefficient (Wildman–Crippen LogP) is 0.127. The molecule has 0 rings (SSSR count). The molecule has 6 nitrogen and oxygen atoms in total. The van der Waals surface area contributed by atoms with Crippen LogP contribution in [0.25, 0.3) is 0 Å². The summed E-state index contributed by atoms with van der Waals surface area (Å²) in [5, 5.41) is 13.8. The second-order valence-corrected chi connectivity index (χ2v) is 4.79. The Kier molecular flexibility index (Phi) is 5.12. The van der Waals surface area contributed by atoms with E-state index in [4.69, 9.17) is 5.11 Å². The van der Waals surface area contributed by atoms with Crippen molar-refractivity contribution < 1.29 is 19.5 Å². The van der Waals surface area contributed by atoms with Crippen molar-refractivity contribution in [2.24, 2.45) is 5.41 Å². The van der Waals surface area contributed by atoms with Gasteiger partial charge in [0.2, 0.25) is 11.8 Å². The highest BCUT2D eigenvalue weighted by atomic mass is 16.4. The van der Waals surface area contributed by atoms with Crippen molar-refractivity contribution in [3.05, 3.63) is 0 Å². The Bertz CT molecular complexity index is 323. The minimum atomic E-state index is -1.55. The van der Waals surface area contributed by atoms with Crippen molar-refractivity contribution in [1.82, 2.24) is 10.6 Å². The zero-order chi connectivity index (χ0) is 13.8. The highest BCUT2D eigenvalue weighted by Gasteiger charge is 2.37. The summed E-state index contributed by atoms with van der Waals surface area (Å²) in [6.07, 6.45) is 0. The van der Waals surface area contributed by atoms with Gasteiger partial charge in [-0.3, -0.25) is 14.4 Å². The molecule has 1 unspecified atom stereocenters. The van der Waals surface area contributed by atoms with Crippen LogP contribution in [0.4, 0.5) is 0 Å². The first-order chi connectivity index (χ1) is 7.59. The maximum absolute atomic E-state index is 11.6. The molecule has 0 aromatic heterocycles. The zero-order valence-electron chi connectivity index (χ0n) is 10.8. The van der Waals surface area contributed by atoms with Gasteiger partial charge >= 0.3 is 5.97 Å². The van der Waals surface area contributed by atoms with E-state index in [1.54, 1.807) is 13.8 Å². The molecule has 0 aliphatic carbocycles. The van der Waals surface area contributed by atoms with Gasteiger partial charge in [0.05, 0.1) is 0 Å². The van der Waals surface area contributed by atoms with E-state index in [9.17, 15) is 14.4 Å². The van der Waals surface area contributed by atoms with E-state index in [-0.39, 0.29) is 11.9 Å². The molecule has 0 saturated heterocycles. The number of carboxylic acid groups (broad SMARTS) is 1. The second kappa shape index (κ2) is 5.65. The number of hydrogen-bond acceptors (Lipinski definition) is 3. The predicted molar refractivity (Wildman–Crippen MR) is 62.3 cm³/mol. The maximum atomic E-state index is 11.6. The van der Waals surface area contributed by atoms with Gasteiger partial charge < -0.3 is 15.7 Å². The van der Waals surface area contributed by atoms with E-state index in [0.29, 0.717) is 0 Å². The Morgan fingerprint density at radius 2 is 1.53 bits per heavy atom. The van der Waals surface area contributed by atoms with Gasteiger partial charge in [-0.25, -0.2) is 0 Å². The lowest BCUT2D eigenvalue weighted by Gasteiger charge is -2.22. The lowest BCUT2D eigenvalue weighted by atomic mass is 9.92. The number of amides is 2. The standard InChI is InChI=1S/C11H20N2O4/c1-6(2)12-8(14)7(3)13-9(15)11(4,5)10(16)17/h6-7H,1-5H3,(H,12,14)(H,13,15)(H,16,17). The average molecular weight is 244 g/mol. The summed E-state index contributed by atoms with van der Waals surface area (Å²) in [5.41, 5.74) is -1.55. The molecular formula is C11H20N2O4. The first-order valence-electron chi connectivity index (χ1n) is 5.43. The lowest BCUT2D eigenvalue weighted by molar-refractivity contribution is -0.154. The molecule has 0 aliphatic rings. The van der Waals surface area contributed by atoms with Gasteiger partial charge in [0.1, 0.15) is 11.5 Å². The summed E-state index contributed by atoms with van der Waals surface area (Å²) in [6, 6.07) is -0.794. The van der Waals surface area contributed by atoms with E-state index < -0.39 is 23.3 Å². The van der Waals surface area contributed by atoms with Gasteiger partial charge in [0.15, 0.2) is 0 Å². The minimum Gasteiger partial charge on any atom is -0.480 e. The van der Waals surface area contributed by atoms with Crippen molar-refractivity contribution >= 4 is 17.8 Å².